The number of nitrogens with zero attached hydrogens (tertiary/aromatic N) is 6. The van der Waals surface area contributed by atoms with E-state index in [-0.39, 0.29) is 26.2 Å². The highest BCUT2D eigenvalue weighted by Gasteiger charge is 2.36. The number of carbonyl (C=O) groups excluding carboxylic acids is 1. The lowest BCUT2D eigenvalue weighted by Crippen LogP contribution is -2.30. The summed E-state index contributed by atoms with van der Waals surface area (Å²) < 4.78 is 5.97. The predicted octanol–water partition coefficient (Wildman–Crippen LogP) is 32.1. The summed E-state index contributed by atoms with van der Waals surface area (Å²) in [4.78, 5) is 22.0. The number of nitrogens with one attached hydrogen (secondary N) is 1. The summed E-state index contributed by atoms with van der Waals surface area (Å²) in [5.41, 5.74) is 27.3. The van der Waals surface area contributed by atoms with Gasteiger partial charge in [0.25, 0.3) is 0 Å². The average Bonchev–Trinajstić information content (AvgIpc) is 0.879. The van der Waals surface area contributed by atoms with Gasteiger partial charge in [-0.3, -0.25) is 4.79 Å². The molecule has 1 unspecified atom stereocenters. The van der Waals surface area contributed by atoms with Crippen LogP contribution >= 0.6 is 0 Å². The molecule has 121 heavy (non-hydrogen) atoms. The topological polar surface area (TPSA) is 81.0 Å². The van der Waals surface area contributed by atoms with Crippen LogP contribution in [0.3, 0.4) is 0 Å². The summed E-state index contributed by atoms with van der Waals surface area (Å²) in [7, 11) is 0. The minimum absolute atomic E-state index is 0. The number of aryl methyl sites for hydroxylation is 4. The molecule has 0 aliphatic heterocycles. The van der Waals surface area contributed by atoms with Gasteiger partial charge in [-0.05, 0) is 274 Å². The second-order valence-electron chi connectivity index (χ2n) is 32.1. The molecule has 0 bridgehead atoms. The Morgan fingerprint density at radius 3 is 1.05 bits per heavy atom. The molecule has 15 aromatic carbocycles. The van der Waals surface area contributed by atoms with E-state index >= 15 is 0 Å². The van der Waals surface area contributed by atoms with Crippen molar-refractivity contribution in [3.63, 3.8) is 0 Å². The molecule has 1 saturated carbocycles. The van der Waals surface area contributed by atoms with Crippen molar-refractivity contribution in [2.45, 2.75) is 133 Å². The minimum Gasteiger partial charge on any atom is -0.416 e. The Balaban J connectivity index is 0.000000163. The zero-order chi connectivity index (χ0) is 82.2. The van der Waals surface area contributed by atoms with E-state index < -0.39 is 5.41 Å². The number of carbonyl (C=O) groups is 1. The van der Waals surface area contributed by atoms with Crippen LogP contribution in [-0.4, -0.2) is 16.1 Å². The van der Waals surface area contributed by atoms with Gasteiger partial charge in [-0.2, -0.15) is 0 Å². The molecule has 1 aromatic heterocycles. The van der Waals surface area contributed by atoms with Gasteiger partial charge in [0, 0.05) is 95.9 Å². The van der Waals surface area contributed by atoms with Crippen molar-refractivity contribution in [1.29, 1.82) is 0 Å². The third-order valence-corrected chi connectivity index (χ3v) is 23.5. The Hall–Kier alpha value is -13.6. The van der Waals surface area contributed by atoms with Crippen molar-refractivity contribution in [1.82, 2.24) is 10.2 Å². The standard InChI is InChI=1S/C46H46N2.C42H39N3O.C22H20N2O.2CH4/c1-34-8-20-40(21-9-34)47(41-22-10-35(2)11-23-41)44-28-16-38(17-29-44)46(32-6-5-7-33-46)39-18-30-45(31-19-39)48(42-24-12-36(3)13-25-42)43-26-14-37(4)15-27-43;1-4-42(2,3)41(46)43-34-24-30-40(31-25-34)45(37-18-12-7-13-19-37)39-28-22-33(23-29-39)32-20-26-38(27-21-32)44(35-14-8-5-9-15-35)36-16-10-6-11-17-36;1-3-15(2)16-11-13-18(14-12-16)21-23-24-22(25-21)20-10-6-8-17-7-4-5-9-19(17)20;;/h8-31H,5-7,32-33H2,1-4H3;5-31H,4H2,1-3H3,(H,43,46);4-15H,3H2,1-2H3;2*1H4. The first-order valence-electron chi connectivity index (χ1n) is 42.0. The molecular formula is C112H113N7O2. The van der Waals surface area contributed by atoms with Crippen molar-refractivity contribution in [3.05, 3.63) is 415 Å². The van der Waals surface area contributed by atoms with E-state index in [1.54, 1.807) is 0 Å². The highest BCUT2D eigenvalue weighted by molar-refractivity contribution is 5.96. The summed E-state index contributed by atoms with van der Waals surface area (Å²) in [6, 6.07) is 134. The molecule has 1 amide bonds. The first-order valence-corrected chi connectivity index (χ1v) is 42.0. The number of hydrogen-bond acceptors (Lipinski definition) is 8. The van der Waals surface area contributed by atoms with Crippen molar-refractivity contribution < 1.29 is 9.21 Å². The van der Waals surface area contributed by atoms with E-state index in [0.29, 0.717) is 17.7 Å². The largest absolute Gasteiger partial charge is 0.416 e. The number of amides is 1. The minimum atomic E-state index is -0.417. The Labute approximate surface area is 718 Å². The van der Waals surface area contributed by atoms with Gasteiger partial charge in [0.15, 0.2) is 0 Å². The van der Waals surface area contributed by atoms with Gasteiger partial charge in [-0.1, -0.05) is 291 Å². The second-order valence-corrected chi connectivity index (χ2v) is 32.1. The third-order valence-electron chi connectivity index (χ3n) is 23.5. The first kappa shape index (κ1) is 85.3. The lowest BCUT2D eigenvalue weighted by atomic mass is 9.65. The Bertz CT molecular complexity index is 5660. The van der Waals surface area contributed by atoms with Gasteiger partial charge >= 0.3 is 0 Å². The monoisotopic (exact) mass is 1590 g/mol. The number of anilines is 13. The molecule has 9 nitrogen and oxygen atoms in total. The lowest BCUT2D eigenvalue weighted by molar-refractivity contribution is -0.124. The van der Waals surface area contributed by atoms with E-state index in [1.165, 1.54) is 105 Å². The van der Waals surface area contributed by atoms with Gasteiger partial charge in [0.2, 0.25) is 17.7 Å². The van der Waals surface area contributed by atoms with E-state index in [2.05, 4.69) is 386 Å². The molecule has 17 rings (SSSR count). The second kappa shape index (κ2) is 39.3. The molecular weight excluding hydrogens is 1480 g/mol. The van der Waals surface area contributed by atoms with Gasteiger partial charge in [0.05, 0.1) is 0 Å². The lowest BCUT2D eigenvalue weighted by Gasteiger charge is -2.39. The predicted molar refractivity (Wildman–Crippen MR) is 514 cm³/mol. The number of para-hydroxylation sites is 3. The maximum absolute atomic E-state index is 12.7. The quantitative estimate of drug-likeness (QED) is 0.0719. The SMILES string of the molecule is C.C.CCC(C)(C)C(=O)Nc1ccc(N(c2ccccc2)c2ccc(-c3ccc(N(c4ccccc4)c4ccccc4)cc3)cc2)cc1.CCC(C)c1ccc(-c2nnc(-c3cccc4ccccc34)o2)cc1.Cc1ccc(N(c2ccc(C)cc2)c2ccc(C3(c4ccc(N(c5ccc(C)cc5)c5ccc(C)cc5)cc4)CCCCC3)cc2)cc1. The number of fused-ring (bicyclic) bond motifs is 1. The van der Waals surface area contributed by atoms with Gasteiger partial charge in [-0.15, -0.1) is 10.2 Å². The summed E-state index contributed by atoms with van der Waals surface area (Å²) in [6.07, 6.45) is 8.06. The fraction of sp³-hybridized carbons (Fsp3) is 0.188. The van der Waals surface area contributed by atoms with Gasteiger partial charge in [0.1, 0.15) is 0 Å². The molecule has 1 N–H and O–H groups in total. The Morgan fingerprint density at radius 1 is 0.364 bits per heavy atom. The first-order chi connectivity index (χ1) is 58.1. The fourth-order valence-corrected chi connectivity index (χ4v) is 15.9. The number of aromatic nitrogens is 2. The van der Waals surface area contributed by atoms with Crippen LogP contribution in [-0.2, 0) is 10.2 Å². The van der Waals surface area contributed by atoms with Crippen LogP contribution in [0.1, 0.15) is 139 Å². The zero-order valence-electron chi connectivity index (χ0n) is 69.8. The molecule has 0 saturated heterocycles. The maximum atomic E-state index is 12.7. The smallest absolute Gasteiger partial charge is 0.248 e. The number of hydrogen-bond donors (Lipinski definition) is 1. The molecule has 1 aliphatic carbocycles. The van der Waals surface area contributed by atoms with Crippen LogP contribution in [0.4, 0.5) is 73.9 Å². The van der Waals surface area contributed by atoms with Crippen LogP contribution < -0.4 is 24.9 Å². The van der Waals surface area contributed by atoms with Gasteiger partial charge < -0.3 is 29.3 Å². The highest BCUT2D eigenvalue weighted by atomic mass is 16.4. The Kier molecular flexibility index (Phi) is 27.7. The molecule has 1 heterocycles. The molecule has 1 atom stereocenters. The molecule has 0 spiro atoms. The van der Waals surface area contributed by atoms with E-state index in [9.17, 15) is 4.79 Å². The zero-order valence-corrected chi connectivity index (χ0v) is 69.8. The van der Waals surface area contributed by atoms with Gasteiger partial charge in [-0.25, -0.2) is 0 Å². The van der Waals surface area contributed by atoms with Crippen molar-refractivity contribution in [2.24, 2.45) is 5.41 Å². The number of benzene rings is 15. The molecule has 1 fully saturated rings. The third kappa shape index (κ3) is 19.9. The molecule has 16 aromatic rings. The highest BCUT2D eigenvalue weighted by Crippen LogP contribution is 2.48. The van der Waals surface area contributed by atoms with Crippen molar-refractivity contribution in [3.8, 4) is 34.0 Å². The average molecular weight is 1590 g/mol. The van der Waals surface area contributed by atoms with E-state index in [0.717, 1.165) is 85.7 Å². The number of rotatable bonds is 22. The van der Waals surface area contributed by atoms with Crippen LogP contribution in [0.15, 0.2) is 381 Å². The van der Waals surface area contributed by atoms with Crippen LogP contribution in [0.5, 0.6) is 0 Å². The van der Waals surface area contributed by atoms with E-state index in [1.807, 2.05) is 87.5 Å². The fourth-order valence-electron chi connectivity index (χ4n) is 15.9. The van der Waals surface area contributed by atoms with Crippen molar-refractivity contribution in [2.75, 3.05) is 24.9 Å². The Morgan fingerprint density at radius 2 is 0.678 bits per heavy atom. The normalized spacial score (nSPS) is 12.3. The summed E-state index contributed by atoms with van der Waals surface area (Å²) in [5, 5.41) is 13.9. The van der Waals surface area contributed by atoms with Crippen molar-refractivity contribution >= 4 is 90.6 Å². The summed E-state index contributed by atoms with van der Waals surface area (Å²) >= 11 is 0. The summed E-state index contributed by atoms with van der Waals surface area (Å²) in [6.45, 7) is 19.0. The van der Waals surface area contributed by atoms with Crippen LogP contribution in [0, 0.1) is 33.1 Å². The van der Waals surface area contributed by atoms with Crippen LogP contribution in [0.25, 0.3) is 44.8 Å². The maximum Gasteiger partial charge on any atom is 0.248 e. The molecule has 9 heteroatoms. The molecule has 0 radical (unpaired) electrons. The molecule has 1 aliphatic rings. The molecule has 608 valence electrons. The van der Waals surface area contributed by atoms with E-state index in [4.69, 9.17) is 4.42 Å². The van der Waals surface area contributed by atoms with Crippen LogP contribution in [0.2, 0.25) is 0 Å². The summed E-state index contributed by atoms with van der Waals surface area (Å²) in [5.74, 6) is 1.69.